The van der Waals surface area contributed by atoms with E-state index in [1.807, 2.05) is 0 Å². The Morgan fingerprint density at radius 3 is 1.95 bits per heavy atom. The first-order valence-electron chi connectivity index (χ1n) is 10.2. The molecule has 37 heavy (non-hydrogen) atoms. The average Bonchev–Trinajstić information content (AvgIpc) is 3.37. The number of thiophene rings is 1. The van der Waals surface area contributed by atoms with Crippen LogP contribution in [-0.4, -0.2) is 0 Å². The van der Waals surface area contributed by atoms with Crippen molar-refractivity contribution in [2.45, 2.75) is 0 Å². The van der Waals surface area contributed by atoms with Gasteiger partial charge < -0.3 is 4.42 Å². The molecule has 0 aliphatic rings. The average molecular weight is 525 g/mol. The molecule has 0 fully saturated rings. The summed E-state index contributed by atoms with van der Waals surface area (Å²) in [5.74, 6) is -8.31. The van der Waals surface area contributed by atoms with Crippen molar-refractivity contribution in [3.05, 3.63) is 105 Å². The first kappa shape index (κ1) is 24.0. The van der Waals surface area contributed by atoms with Gasteiger partial charge in [-0.15, -0.1) is 11.3 Å². The molecule has 5 aromatic rings. The number of allylic oxidation sites excluding steroid dienone is 1. The standard InChI is InChI=1S/C26H9F6N3OS/c1-34-14(11-33)8-16-10-23-26(37-16)17-3-2-15(9-22(17)36-23)35(24-18(29)4-12(27)5-19(24)30)25-20(31)6-13(28)7-21(25)32/h2-10H/b14-8-. The summed E-state index contributed by atoms with van der Waals surface area (Å²) in [4.78, 5) is 4.20. The molecule has 0 aliphatic heterocycles. The van der Waals surface area contributed by atoms with Gasteiger partial charge in [-0.25, -0.2) is 36.4 Å². The highest BCUT2D eigenvalue weighted by atomic mass is 32.1. The summed E-state index contributed by atoms with van der Waals surface area (Å²) >= 11 is 1.21. The molecule has 4 nitrogen and oxygen atoms in total. The number of nitriles is 1. The van der Waals surface area contributed by atoms with Crippen LogP contribution in [0.3, 0.4) is 0 Å². The van der Waals surface area contributed by atoms with Crippen LogP contribution in [0.2, 0.25) is 0 Å². The minimum atomic E-state index is -1.45. The van der Waals surface area contributed by atoms with Gasteiger partial charge in [0.05, 0.1) is 23.0 Å². The first-order chi connectivity index (χ1) is 17.7. The fourth-order valence-electron chi connectivity index (χ4n) is 3.86. The van der Waals surface area contributed by atoms with E-state index in [9.17, 15) is 26.3 Å². The SMILES string of the molecule is [C-]#[N+]/C(C#N)=C\c1cc2oc3cc(N(c4c(F)cc(F)cc4F)c4c(F)cc(F)cc4F)ccc3c2s1. The van der Waals surface area contributed by atoms with Gasteiger partial charge in [0.15, 0.2) is 23.3 Å². The molecule has 0 saturated heterocycles. The minimum Gasteiger partial charge on any atom is -0.455 e. The molecule has 182 valence electrons. The maximum Gasteiger partial charge on any atom is 0.263 e. The number of furan rings is 1. The molecule has 0 spiro atoms. The van der Waals surface area contributed by atoms with Gasteiger partial charge >= 0.3 is 0 Å². The maximum absolute atomic E-state index is 14.8. The zero-order valence-electron chi connectivity index (χ0n) is 18.1. The minimum absolute atomic E-state index is 0.127. The van der Waals surface area contributed by atoms with Crippen molar-refractivity contribution >= 4 is 55.7 Å². The molecule has 0 atom stereocenters. The summed E-state index contributed by atoms with van der Waals surface area (Å²) in [6, 6.07) is 8.77. The van der Waals surface area contributed by atoms with Crippen LogP contribution in [0.15, 0.2) is 58.6 Å². The second-order valence-corrected chi connectivity index (χ2v) is 8.73. The van der Waals surface area contributed by atoms with Crippen LogP contribution in [0.25, 0.3) is 32.2 Å². The third kappa shape index (κ3) is 4.15. The summed E-state index contributed by atoms with van der Waals surface area (Å²) in [6.45, 7) is 6.99. The molecule has 0 unspecified atom stereocenters. The van der Waals surface area contributed by atoms with Crippen LogP contribution >= 0.6 is 11.3 Å². The molecule has 0 bridgehead atoms. The normalized spacial score (nSPS) is 11.6. The predicted octanol–water partition coefficient (Wildman–Crippen LogP) is 8.74. The summed E-state index contributed by atoms with van der Waals surface area (Å²) < 4.78 is 92.8. The van der Waals surface area contributed by atoms with Crippen molar-refractivity contribution in [2.75, 3.05) is 4.90 Å². The van der Waals surface area contributed by atoms with Crippen LogP contribution < -0.4 is 4.90 Å². The van der Waals surface area contributed by atoms with Crippen LogP contribution in [0, 0.1) is 52.8 Å². The van der Waals surface area contributed by atoms with E-state index in [1.165, 1.54) is 35.6 Å². The maximum atomic E-state index is 14.8. The zero-order chi connectivity index (χ0) is 26.4. The van der Waals surface area contributed by atoms with Crippen molar-refractivity contribution in [2.24, 2.45) is 0 Å². The van der Waals surface area contributed by atoms with Crippen molar-refractivity contribution in [1.82, 2.24) is 0 Å². The summed E-state index contributed by atoms with van der Waals surface area (Å²) in [6.07, 6.45) is 1.38. The highest BCUT2D eigenvalue weighted by molar-refractivity contribution is 7.20. The fraction of sp³-hybridized carbons (Fsp3) is 0. The van der Waals surface area contributed by atoms with Crippen molar-refractivity contribution in [3.63, 3.8) is 0 Å². The Bertz CT molecular complexity index is 1720. The Morgan fingerprint density at radius 2 is 1.43 bits per heavy atom. The van der Waals surface area contributed by atoms with Crippen molar-refractivity contribution in [3.8, 4) is 6.07 Å². The molecule has 11 heteroatoms. The van der Waals surface area contributed by atoms with Crippen LogP contribution in [-0.2, 0) is 0 Å². The lowest BCUT2D eigenvalue weighted by Crippen LogP contribution is -2.17. The predicted molar refractivity (Wildman–Crippen MR) is 126 cm³/mol. The molecule has 2 aromatic heterocycles. The Kier molecular flexibility index (Phi) is 5.86. The second-order valence-electron chi connectivity index (χ2n) is 7.65. The number of benzene rings is 3. The summed E-state index contributed by atoms with van der Waals surface area (Å²) in [5.41, 5.74) is -1.73. The van der Waals surface area contributed by atoms with Gasteiger partial charge in [0.2, 0.25) is 0 Å². The van der Waals surface area contributed by atoms with E-state index in [-0.39, 0.29) is 17.0 Å². The van der Waals surface area contributed by atoms with Crippen LogP contribution in [0.5, 0.6) is 0 Å². The van der Waals surface area contributed by atoms with Gasteiger partial charge in [-0.05, 0) is 24.3 Å². The van der Waals surface area contributed by atoms with E-state index in [0.29, 0.717) is 49.7 Å². The number of nitrogens with zero attached hydrogens (tertiary/aromatic N) is 3. The van der Waals surface area contributed by atoms with Crippen LogP contribution in [0.4, 0.5) is 43.4 Å². The smallest absolute Gasteiger partial charge is 0.263 e. The molecule has 0 aliphatic carbocycles. The van der Waals surface area contributed by atoms with Gasteiger partial charge in [0.25, 0.3) is 5.70 Å². The highest BCUT2D eigenvalue weighted by Crippen LogP contribution is 2.44. The Balaban J connectivity index is 1.73. The van der Waals surface area contributed by atoms with E-state index < -0.39 is 46.3 Å². The Hall–Kier alpha value is -4.74. The van der Waals surface area contributed by atoms with E-state index in [4.69, 9.17) is 16.3 Å². The molecule has 3 aromatic carbocycles. The zero-order valence-corrected chi connectivity index (χ0v) is 18.9. The molecule has 0 radical (unpaired) electrons. The van der Waals surface area contributed by atoms with E-state index in [0.717, 1.165) is 0 Å². The lowest BCUT2D eigenvalue weighted by Gasteiger charge is -2.27. The number of halogens is 6. The second kappa shape index (κ2) is 9.04. The van der Waals surface area contributed by atoms with Crippen molar-refractivity contribution in [1.29, 1.82) is 5.26 Å². The lowest BCUT2D eigenvalue weighted by molar-refractivity contribution is 0.535. The number of fused-ring (bicyclic) bond motifs is 3. The number of hydrogen-bond donors (Lipinski definition) is 0. The monoisotopic (exact) mass is 525 g/mol. The third-order valence-electron chi connectivity index (χ3n) is 5.33. The molecular weight excluding hydrogens is 516 g/mol. The van der Waals surface area contributed by atoms with E-state index in [1.54, 1.807) is 12.1 Å². The van der Waals surface area contributed by atoms with Gasteiger partial charge in [-0.2, -0.15) is 0 Å². The van der Waals surface area contributed by atoms with Gasteiger partial charge in [0, 0.05) is 40.6 Å². The fourth-order valence-corrected chi connectivity index (χ4v) is 4.91. The quantitative estimate of drug-likeness (QED) is 0.134. The molecular formula is C26H9F6N3OS. The largest absolute Gasteiger partial charge is 0.455 e. The Labute approximate surface area is 208 Å². The number of anilines is 3. The first-order valence-corrected chi connectivity index (χ1v) is 11.1. The van der Waals surface area contributed by atoms with Gasteiger partial charge in [-0.1, -0.05) is 0 Å². The molecule has 5 rings (SSSR count). The molecule has 0 N–H and O–H groups in total. The lowest BCUT2D eigenvalue weighted by atomic mass is 10.1. The third-order valence-corrected chi connectivity index (χ3v) is 6.43. The number of hydrogen-bond acceptors (Lipinski definition) is 4. The molecule has 2 heterocycles. The molecule has 0 amide bonds. The van der Waals surface area contributed by atoms with Gasteiger partial charge in [-0.3, -0.25) is 4.90 Å². The summed E-state index contributed by atoms with van der Waals surface area (Å²) in [5, 5.41) is 9.49. The molecule has 0 saturated carbocycles. The Morgan fingerprint density at radius 1 is 0.865 bits per heavy atom. The van der Waals surface area contributed by atoms with E-state index in [2.05, 4.69) is 4.85 Å². The topological polar surface area (TPSA) is 44.5 Å². The van der Waals surface area contributed by atoms with E-state index >= 15 is 0 Å². The number of rotatable bonds is 4. The van der Waals surface area contributed by atoms with Crippen molar-refractivity contribution < 1.29 is 30.8 Å². The van der Waals surface area contributed by atoms with Gasteiger partial charge in [0.1, 0.15) is 34.2 Å². The highest BCUT2D eigenvalue weighted by Gasteiger charge is 2.28. The van der Waals surface area contributed by atoms with Crippen LogP contribution in [0.1, 0.15) is 4.88 Å². The summed E-state index contributed by atoms with van der Waals surface area (Å²) in [7, 11) is 0.